The Labute approximate surface area is 214 Å². The smallest absolute Gasteiger partial charge is 0.417 e. The SMILES string of the molecule is O=c1cc(C(F)(F)F)c2cc(Cc3ccc(S(=O)(=O)N4CCC(O)(c5cccs5)CC4)cc3)ccc2o1. The van der Waals surface area contributed by atoms with E-state index in [1.165, 1.54) is 39.9 Å². The fourth-order valence-electron chi connectivity index (χ4n) is 4.60. The number of aliphatic hydroxyl groups is 1. The summed E-state index contributed by atoms with van der Waals surface area (Å²) in [4.78, 5) is 12.4. The molecule has 1 N–H and O–H groups in total. The van der Waals surface area contributed by atoms with E-state index in [0.29, 0.717) is 30.0 Å². The van der Waals surface area contributed by atoms with E-state index in [1.54, 1.807) is 18.2 Å². The van der Waals surface area contributed by atoms with Crippen LogP contribution in [0.5, 0.6) is 0 Å². The molecule has 1 saturated heterocycles. The molecule has 11 heteroatoms. The minimum absolute atomic E-state index is 0.109. The summed E-state index contributed by atoms with van der Waals surface area (Å²) in [5, 5.41) is 12.6. The second-order valence-electron chi connectivity index (χ2n) is 9.04. The molecule has 1 aliphatic heterocycles. The molecule has 6 nitrogen and oxygen atoms in total. The van der Waals surface area contributed by atoms with Gasteiger partial charge in [-0.2, -0.15) is 17.5 Å². The molecule has 0 unspecified atom stereocenters. The van der Waals surface area contributed by atoms with Gasteiger partial charge in [-0.05, 0) is 66.1 Å². The Morgan fingerprint density at radius 1 is 1.00 bits per heavy atom. The van der Waals surface area contributed by atoms with Crippen molar-refractivity contribution in [3.63, 3.8) is 0 Å². The van der Waals surface area contributed by atoms with Gasteiger partial charge in [0.2, 0.25) is 10.0 Å². The van der Waals surface area contributed by atoms with Crippen LogP contribution >= 0.6 is 11.3 Å². The summed E-state index contributed by atoms with van der Waals surface area (Å²) in [7, 11) is -3.77. The summed E-state index contributed by atoms with van der Waals surface area (Å²) in [5.74, 6) is 0. The number of alkyl halides is 3. The molecule has 37 heavy (non-hydrogen) atoms. The summed E-state index contributed by atoms with van der Waals surface area (Å²) in [6.45, 7) is 0.375. The summed E-state index contributed by atoms with van der Waals surface area (Å²) in [6, 6.07) is 14.6. The second-order valence-corrected chi connectivity index (χ2v) is 11.9. The van der Waals surface area contributed by atoms with Gasteiger partial charge < -0.3 is 9.52 Å². The minimum Gasteiger partial charge on any atom is -0.423 e. The van der Waals surface area contributed by atoms with Crippen molar-refractivity contribution in [1.29, 1.82) is 0 Å². The van der Waals surface area contributed by atoms with Crippen molar-refractivity contribution in [2.45, 2.75) is 35.9 Å². The lowest BCUT2D eigenvalue weighted by atomic mass is 9.91. The second kappa shape index (κ2) is 9.39. The highest BCUT2D eigenvalue weighted by Gasteiger charge is 2.39. The number of fused-ring (bicyclic) bond motifs is 1. The molecule has 0 radical (unpaired) electrons. The lowest BCUT2D eigenvalue weighted by Crippen LogP contribution is -2.44. The van der Waals surface area contributed by atoms with Gasteiger partial charge in [-0.3, -0.25) is 0 Å². The Morgan fingerprint density at radius 2 is 1.68 bits per heavy atom. The summed E-state index contributed by atoms with van der Waals surface area (Å²) in [6.07, 6.45) is -3.86. The van der Waals surface area contributed by atoms with Crippen LogP contribution in [0.2, 0.25) is 0 Å². The molecule has 3 heterocycles. The number of hydrogen-bond acceptors (Lipinski definition) is 6. The number of thiophene rings is 1. The first kappa shape index (κ1) is 25.7. The fraction of sp³-hybridized carbons (Fsp3) is 0.269. The summed E-state index contributed by atoms with van der Waals surface area (Å²) < 4.78 is 72.9. The Bertz CT molecular complexity index is 1590. The van der Waals surface area contributed by atoms with Gasteiger partial charge >= 0.3 is 11.8 Å². The van der Waals surface area contributed by atoms with Gasteiger partial charge in [0.1, 0.15) is 11.2 Å². The van der Waals surface area contributed by atoms with E-state index in [2.05, 4.69) is 0 Å². The molecular formula is C26H22F3NO5S2. The third-order valence-corrected chi connectivity index (χ3v) is 9.59. The Kier molecular flexibility index (Phi) is 6.51. The number of hydrogen-bond donors (Lipinski definition) is 1. The van der Waals surface area contributed by atoms with Gasteiger partial charge in [-0.1, -0.05) is 24.3 Å². The Morgan fingerprint density at radius 3 is 2.30 bits per heavy atom. The van der Waals surface area contributed by atoms with Crippen LogP contribution in [0.3, 0.4) is 0 Å². The molecule has 1 aliphatic rings. The molecule has 0 spiro atoms. The zero-order valence-electron chi connectivity index (χ0n) is 19.4. The number of halogens is 3. The number of benzene rings is 2. The van der Waals surface area contributed by atoms with Gasteiger partial charge in [-0.15, -0.1) is 11.3 Å². The van der Waals surface area contributed by atoms with Crippen LogP contribution in [-0.4, -0.2) is 30.9 Å². The largest absolute Gasteiger partial charge is 0.423 e. The van der Waals surface area contributed by atoms with Crippen molar-refractivity contribution in [3.05, 3.63) is 98.0 Å². The highest BCUT2D eigenvalue weighted by molar-refractivity contribution is 7.89. The molecule has 4 aromatic rings. The topological polar surface area (TPSA) is 87.8 Å². The van der Waals surface area contributed by atoms with Crippen molar-refractivity contribution < 1.29 is 31.1 Å². The zero-order chi connectivity index (χ0) is 26.4. The van der Waals surface area contributed by atoms with Crippen LogP contribution in [0.1, 0.15) is 34.4 Å². The first-order valence-corrected chi connectivity index (χ1v) is 13.8. The molecular weight excluding hydrogens is 527 g/mol. The first-order valence-electron chi connectivity index (χ1n) is 11.5. The van der Waals surface area contributed by atoms with Gasteiger partial charge in [0.25, 0.3) is 0 Å². The van der Waals surface area contributed by atoms with Crippen LogP contribution in [-0.2, 0) is 28.2 Å². The standard InChI is InChI=1S/C26H22F3NO5S2/c27-26(28,29)21-16-24(31)35-22-8-5-18(15-20(21)22)14-17-3-6-19(7-4-17)37(33,34)30-11-9-25(32,10-12-30)23-2-1-13-36-23/h1-8,13,15-16,32H,9-12,14H2. The minimum atomic E-state index is -4.71. The fourth-order valence-corrected chi connectivity index (χ4v) is 6.93. The van der Waals surface area contributed by atoms with Crippen molar-refractivity contribution in [1.82, 2.24) is 4.31 Å². The lowest BCUT2D eigenvalue weighted by Gasteiger charge is -2.37. The summed E-state index contributed by atoms with van der Waals surface area (Å²) >= 11 is 1.45. The molecule has 5 rings (SSSR count). The van der Waals surface area contributed by atoms with E-state index in [4.69, 9.17) is 4.42 Å². The maximum absolute atomic E-state index is 13.4. The van der Waals surface area contributed by atoms with E-state index >= 15 is 0 Å². The summed E-state index contributed by atoms with van der Waals surface area (Å²) in [5.41, 5.74) is -2.07. The van der Waals surface area contributed by atoms with Crippen LogP contribution in [0, 0.1) is 0 Å². The Hall–Kier alpha value is -2.99. The average molecular weight is 550 g/mol. The van der Waals surface area contributed by atoms with Crippen LogP contribution in [0.25, 0.3) is 11.0 Å². The number of sulfonamides is 1. The van der Waals surface area contributed by atoms with Crippen LogP contribution < -0.4 is 5.63 Å². The van der Waals surface area contributed by atoms with Crippen molar-refractivity contribution >= 4 is 32.3 Å². The van der Waals surface area contributed by atoms with E-state index < -0.39 is 33.0 Å². The molecule has 0 bridgehead atoms. The van der Waals surface area contributed by atoms with E-state index in [-0.39, 0.29) is 35.4 Å². The molecule has 2 aromatic carbocycles. The molecule has 0 aliphatic carbocycles. The van der Waals surface area contributed by atoms with Gasteiger partial charge in [0.05, 0.1) is 10.5 Å². The predicted molar refractivity (Wildman–Crippen MR) is 133 cm³/mol. The third-order valence-electron chi connectivity index (χ3n) is 6.61. The third kappa shape index (κ3) is 5.08. The Balaban J connectivity index is 1.33. The molecule has 0 amide bonds. The average Bonchev–Trinajstić information content (AvgIpc) is 3.40. The predicted octanol–water partition coefficient (Wildman–Crippen LogP) is 5.14. The highest BCUT2D eigenvalue weighted by Crippen LogP contribution is 2.37. The van der Waals surface area contributed by atoms with Crippen LogP contribution in [0.15, 0.2) is 80.2 Å². The van der Waals surface area contributed by atoms with E-state index in [1.807, 2.05) is 17.5 Å². The lowest BCUT2D eigenvalue weighted by molar-refractivity contribution is -0.136. The van der Waals surface area contributed by atoms with E-state index in [0.717, 1.165) is 4.88 Å². The van der Waals surface area contributed by atoms with Gasteiger partial charge in [0.15, 0.2) is 0 Å². The zero-order valence-corrected chi connectivity index (χ0v) is 21.0. The first-order chi connectivity index (χ1) is 17.5. The van der Waals surface area contributed by atoms with Crippen LogP contribution in [0.4, 0.5) is 13.2 Å². The number of piperidine rings is 1. The molecule has 1 fully saturated rings. The van der Waals surface area contributed by atoms with Gasteiger partial charge in [-0.25, -0.2) is 13.2 Å². The van der Waals surface area contributed by atoms with Crippen molar-refractivity contribution in [3.8, 4) is 0 Å². The molecule has 0 saturated carbocycles. The maximum atomic E-state index is 13.4. The molecule has 0 atom stereocenters. The highest BCUT2D eigenvalue weighted by atomic mass is 32.2. The number of rotatable bonds is 5. The number of nitrogens with zero attached hydrogens (tertiary/aromatic N) is 1. The molecule has 194 valence electrons. The van der Waals surface area contributed by atoms with Crippen molar-refractivity contribution in [2.75, 3.05) is 13.1 Å². The monoisotopic (exact) mass is 549 g/mol. The van der Waals surface area contributed by atoms with E-state index in [9.17, 15) is 31.5 Å². The maximum Gasteiger partial charge on any atom is 0.417 e. The quantitative estimate of drug-likeness (QED) is 0.349. The van der Waals surface area contributed by atoms with Gasteiger partial charge in [0, 0.05) is 29.4 Å². The molecule has 2 aromatic heterocycles. The van der Waals surface area contributed by atoms with Crippen molar-refractivity contribution in [2.24, 2.45) is 0 Å². The normalized spacial score (nSPS) is 16.8.